The maximum Gasteiger partial charge on any atom is 0.224 e. The lowest BCUT2D eigenvalue weighted by Crippen LogP contribution is -2.35. The molecule has 0 spiro atoms. The second-order valence-corrected chi connectivity index (χ2v) is 4.69. The number of carbonyl (C=O) groups excluding carboxylic acids is 1. The molecular formula is C12H24N2O. The molecule has 0 aromatic rings. The molecule has 15 heavy (non-hydrogen) atoms. The summed E-state index contributed by atoms with van der Waals surface area (Å²) >= 11 is 0. The Morgan fingerprint density at radius 3 is 2.67 bits per heavy atom. The summed E-state index contributed by atoms with van der Waals surface area (Å²) in [7, 11) is 1.88. The van der Waals surface area contributed by atoms with E-state index in [0.717, 1.165) is 25.4 Å². The van der Waals surface area contributed by atoms with Gasteiger partial charge >= 0.3 is 0 Å². The fourth-order valence-corrected chi connectivity index (χ4v) is 2.27. The third-order valence-corrected chi connectivity index (χ3v) is 3.28. The second kappa shape index (κ2) is 6.83. The first-order chi connectivity index (χ1) is 7.24. The lowest BCUT2D eigenvalue weighted by molar-refractivity contribution is -0.124. The van der Waals surface area contributed by atoms with Gasteiger partial charge in [0.1, 0.15) is 0 Å². The summed E-state index contributed by atoms with van der Waals surface area (Å²) in [5.41, 5.74) is 0. The Morgan fingerprint density at radius 2 is 2.07 bits per heavy atom. The maximum atomic E-state index is 11.6. The Labute approximate surface area is 93.0 Å². The minimum absolute atomic E-state index is 0.0820. The first-order valence-electron chi connectivity index (χ1n) is 6.16. The van der Waals surface area contributed by atoms with E-state index in [-0.39, 0.29) is 11.8 Å². The van der Waals surface area contributed by atoms with Crippen molar-refractivity contribution >= 4 is 5.91 Å². The molecule has 3 nitrogen and oxygen atoms in total. The Bertz CT molecular complexity index is 188. The summed E-state index contributed by atoms with van der Waals surface area (Å²) in [4.78, 5) is 11.6. The van der Waals surface area contributed by atoms with Crippen LogP contribution >= 0.6 is 0 Å². The molecule has 1 saturated carbocycles. The van der Waals surface area contributed by atoms with Gasteiger partial charge in [-0.15, -0.1) is 0 Å². The van der Waals surface area contributed by atoms with Gasteiger partial charge in [0.15, 0.2) is 0 Å². The smallest absolute Gasteiger partial charge is 0.224 e. The van der Waals surface area contributed by atoms with Gasteiger partial charge in [-0.1, -0.05) is 32.6 Å². The lowest BCUT2D eigenvalue weighted by atomic mass is 10.0. The first kappa shape index (κ1) is 12.5. The molecule has 0 bridgehead atoms. The highest BCUT2D eigenvalue weighted by Crippen LogP contribution is 2.26. The van der Waals surface area contributed by atoms with Crippen molar-refractivity contribution in [3.8, 4) is 0 Å². The average molecular weight is 212 g/mol. The van der Waals surface area contributed by atoms with Gasteiger partial charge < -0.3 is 10.6 Å². The molecular weight excluding hydrogens is 188 g/mol. The first-order valence-corrected chi connectivity index (χ1v) is 6.16. The molecule has 1 rings (SSSR count). The molecule has 3 heteroatoms. The Hall–Kier alpha value is -0.570. The van der Waals surface area contributed by atoms with E-state index in [9.17, 15) is 4.79 Å². The number of rotatable bonds is 6. The normalized spacial score (nSPS) is 19.1. The van der Waals surface area contributed by atoms with E-state index in [2.05, 4.69) is 10.6 Å². The molecule has 1 aliphatic carbocycles. The number of hydrogen-bond acceptors (Lipinski definition) is 2. The largest absolute Gasteiger partial charge is 0.356 e. The highest BCUT2D eigenvalue weighted by Gasteiger charge is 2.16. The molecule has 0 heterocycles. The van der Waals surface area contributed by atoms with Gasteiger partial charge in [0.05, 0.1) is 0 Å². The van der Waals surface area contributed by atoms with E-state index < -0.39 is 0 Å². The van der Waals surface area contributed by atoms with Crippen LogP contribution in [0.5, 0.6) is 0 Å². The van der Waals surface area contributed by atoms with Crippen LogP contribution in [0.4, 0.5) is 0 Å². The predicted molar refractivity (Wildman–Crippen MR) is 62.7 cm³/mol. The summed E-state index contributed by atoms with van der Waals surface area (Å²) in [6.07, 6.45) is 6.66. The van der Waals surface area contributed by atoms with Crippen LogP contribution in [0.25, 0.3) is 0 Å². The molecule has 0 radical (unpaired) electrons. The SMILES string of the molecule is CNCC(C)C(=O)NCCC1CCCC1. The zero-order chi connectivity index (χ0) is 11.1. The molecule has 88 valence electrons. The summed E-state index contributed by atoms with van der Waals surface area (Å²) < 4.78 is 0. The third-order valence-electron chi connectivity index (χ3n) is 3.28. The molecule has 1 fully saturated rings. The lowest BCUT2D eigenvalue weighted by Gasteiger charge is -2.13. The van der Waals surface area contributed by atoms with Crippen LogP contribution in [0.3, 0.4) is 0 Å². The molecule has 1 unspecified atom stereocenters. The Balaban J connectivity index is 2.05. The zero-order valence-corrected chi connectivity index (χ0v) is 10.0. The highest BCUT2D eigenvalue weighted by atomic mass is 16.1. The summed E-state index contributed by atoms with van der Waals surface area (Å²) in [5.74, 6) is 1.13. The Kier molecular flexibility index (Phi) is 5.69. The van der Waals surface area contributed by atoms with E-state index in [0.29, 0.717) is 0 Å². The van der Waals surface area contributed by atoms with Gasteiger partial charge in [0.2, 0.25) is 5.91 Å². The van der Waals surface area contributed by atoms with E-state index in [1.54, 1.807) is 0 Å². The highest BCUT2D eigenvalue weighted by molar-refractivity contribution is 5.78. The van der Waals surface area contributed by atoms with E-state index >= 15 is 0 Å². The maximum absolute atomic E-state index is 11.6. The number of nitrogens with one attached hydrogen (secondary N) is 2. The second-order valence-electron chi connectivity index (χ2n) is 4.69. The average Bonchev–Trinajstić information content (AvgIpc) is 2.71. The topological polar surface area (TPSA) is 41.1 Å². The van der Waals surface area contributed by atoms with Gasteiger partial charge in [-0.25, -0.2) is 0 Å². The van der Waals surface area contributed by atoms with Crippen LogP contribution in [0.2, 0.25) is 0 Å². The van der Waals surface area contributed by atoms with Crippen molar-refractivity contribution in [2.24, 2.45) is 11.8 Å². The van der Waals surface area contributed by atoms with Crippen molar-refractivity contribution in [1.29, 1.82) is 0 Å². The Morgan fingerprint density at radius 1 is 1.40 bits per heavy atom. The molecule has 2 N–H and O–H groups in total. The van der Waals surface area contributed by atoms with Gasteiger partial charge in [-0.2, -0.15) is 0 Å². The van der Waals surface area contributed by atoms with E-state index in [4.69, 9.17) is 0 Å². The van der Waals surface area contributed by atoms with E-state index in [1.165, 1.54) is 25.7 Å². The molecule has 1 atom stereocenters. The molecule has 1 aliphatic rings. The quantitative estimate of drug-likeness (QED) is 0.701. The van der Waals surface area contributed by atoms with Crippen LogP contribution < -0.4 is 10.6 Å². The van der Waals surface area contributed by atoms with Crippen LogP contribution in [0.15, 0.2) is 0 Å². The summed E-state index contributed by atoms with van der Waals surface area (Å²) in [5, 5.41) is 6.03. The van der Waals surface area contributed by atoms with Crippen LogP contribution in [-0.2, 0) is 4.79 Å². The zero-order valence-electron chi connectivity index (χ0n) is 10.0. The third kappa shape index (κ3) is 4.65. The van der Waals surface area contributed by atoms with Crippen molar-refractivity contribution in [2.75, 3.05) is 20.1 Å². The van der Waals surface area contributed by atoms with Crippen LogP contribution in [0.1, 0.15) is 39.0 Å². The molecule has 0 aromatic heterocycles. The molecule has 0 aliphatic heterocycles. The standard InChI is InChI=1S/C12H24N2O/c1-10(9-13-2)12(15)14-8-7-11-5-3-4-6-11/h10-11,13H,3-9H2,1-2H3,(H,14,15). The fraction of sp³-hybridized carbons (Fsp3) is 0.917. The minimum Gasteiger partial charge on any atom is -0.356 e. The van der Waals surface area contributed by atoms with Crippen molar-refractivity contribution in [3.05, 3.63) is 0 Å². The van der Waals surface area contributed by atoms with Gasteiger partial charge in [0, 0.05) is 19.0 Å². The van der Waals surface area contributed by atoms with E-state index in [1.807, 2.05) is 14.0 Å². The summed E-state index contributed by atoms with van der Waals surface area (Å²) in [6.45, 7) is 3.58. The van der Waals surface area contributed by atoms with Crippen molar-refractivity contribution in [1.82, 2.24) is 10.6 Å². The van der Waals surface area contributed by atoms with Crippen molar-refractivity contribution < 1.29 is 4.79 Å². The number of hydrogen-bond donors (Lipinski definition) is 2. The van der Waals surface area contributed by atoms with Crippen molar-refractivity contribution in [3.63, 3.8) is 0 Å². The van der Waals surface area contributed by atoms with Gasteiger partial charge in [-0.3, -0.25) is 4.79 Å². The van der Waals surface area contributed by atoms with Gasteiger partial charge in [-0.05, 0) is 19.4 Å². The van der Waals surface area contributed by atoms with Crippen LogP contribution in [-0.4, -0.2) is 26.0 Å². The van der Waals surface area contributed by atoms with Crippen molar-refractivity contribution in [2.45, 2.75) is 39.0 Å². The van der Waals surface area contributed by atoms with Crippen LogP contribution in [0, 0.1) is 11.8 Å². The number of amides is 1. The monoisotopic (exact) mass is 212 g/mol. The molecule has 0 aromatic carbocycles. The minimum atomic E-state index is 0.0820. The van der Waals surface area contributed by atoms with Gasteiger partial charge in [0.25, 0.3) is 0 Å². The molecule has 1 amide bonds. The fourth-order valence-electron chi connectivity index (χ4n) is 2.27. The summed E-state index contributed by atoms with van der Waals surface area (Å²) in [6, 6.07) is 0. The number of carbonyl (C=O) groups is 1. The molecule has 0 saturated heterocycles. The predicted octanol–water partition coefficient (Wildman–Crippen LogP) is 1.54.